The van der Waals surface area contributed by atoms with Crippen LogP contribution in [0.4, 0.5) is 0 Å². The van der Waals surface area contributed by atoms with E-state index in [1.807, 2.05) is 0 Å². The quantitative estimate of drug-likeness (QED) is 0.520. The molecule has 0 saturated carbocycles. The summed E-state index contributed by atoms with van der Waals surface area (Å²) in [5.74, 6) is 1.20. The summed E-state index contributed by atoms with van der Waals surface area (Å²) in [4.78, 5) is 0. The molecule has 0 aliphatic carbocycles. The predicted molar refractivity (Wildman–Crippen MR) is 65.2 cm³/mol. The van der Waals surface area contributed by atoms with E-state index in [9.17, 15) is 0 Å². The number of ether oxygens (including phenoxy) is 2. The summed E-state index contributed by atoms with van der Waals surface area (Å²) in [5, 5.41) is 0. The summed E-state index contributed by atoms with van der Waals surface area (Å²) in [7, 11) is 0. The van der Waals surface area contributed by atoms with Crippen LogP contribution in [0.3, 0.4) is 0 Å². The lowest BCUT2D eigenvalue weighted by molar-refractivity contribution is 0.0338. The Balaban J connectivity index is 3.21. The van der Waals surface area contributed by atoms with Gasteiger partial charge in [0.15, 0.2) is 0 Å². The second-order valence-corrected chi connectivity index (χ2v) is 4.58. The molecule has 0 N–H and O–H groups in total. The first-order valence-electron chi connectivity index (χ1n) is 6.36. The molecular formula is C13H28O2. The van der Waals surface area contributed by atoms with E-state index >= 15 is 0 Å². The molecule has 0 aliphatic rings. The monoisotopic (exact) mass is 216 g/mol. The van der Waals surface area contributed by atoms with Gasteiger partial charge in [0.1, 0.15) is 0 Å². The molecule has 0 radical (unpaired) electrons. The minimum Gasteiger partial charge on any atom is -0.381 e. The molecule has 0 aromatic rings. The molecule has 2 nitrogen and oxygen atoms in total. The van der Waals surface area contributed by atoms with Gasteiger partial charge in [0.2, 0.25) is 0 Å². The maximum absolute atomic E-state index is 5.63. The van der Waals surface area contributed by atoms with Gasteiger partial charge in [0.25, 0.3) is 0 Å². The van der Waals surface area contributed by atoms with Crippen molar-refractivity contribution in [2.75, 3.05) is 26.4 Å². The van der Waals surface area contributed by atoms with Crippen LogP contribution in [0.2, 0.25) is 0 Å². The summed E-state index contributed by atoms with van der Waals surface area (Å²) in [6.45, 7) is 12.2. The predicted octanol–water partition coefficient (Wildman–Crippen LogP) is 3.50. The van der Waals surface area contributed by atoms with Crippen molar-refractivity contribution in [3.05, 3.63) is 0 Å². The molecule has 0 fully saturated rings. The van der Waals surface area contributed by atoms with E-state index in [-0.39, 0.29) is 0 Å². The van der Waals surface area contributed by atoms with Crippen LogP contribution in [0.15, 0.2) is 0 Å². The fraction of sp³-hybridized carbons (Fsp3) is 1.00. The Morgan fingerprint density at radius 3 is 2.07 bits per heavy atom. The van der Waals surface area contributed by atoms with Gasteiger partial charge in [-0.3, -0.25) is 0 Å². The third kappa shape index (κ3) is 10.2. The molecule has 2 atom stereocenters. The van der Waals surface area contributed by atoms with Gasteiger partial charge in [-0.05, 0) is 12.3 Å². The van der Waals surface area contributed by atoms with Crippen LogP contribution in [0.25, 0.3) is 0 Å². The van der Waals surface area contributed by atoms with E-state index in [1.165, 1.54) is 19.3 Å². The van der Waals surface area contributed by atoms with Crippen LogP contribution in [0.5, 0.6) is 0 Å². The largest absolute Gasteiger partial charge is 0.381 e. The van der Waals surface area contributed by atoms with E-state index in [0.717, 1.165) is 26.4 Å². The molecule has 0 saturated heterocycles. The fourth-order valence-electron chi connectivity index (χ4n) is 1.17. The zero-order chi connectivity index (χ0) is 11.5. The minimum atomic E-state index is 0.519. The molecule has 0 aromatic carbocycles. The Bertz CT molecular complexity index is 126. The smallest absolute Gasteiger partial charge is 0.0513 e. The fourth-order valence-corrected chi connectivity index (χ4v) is 1.17. The van der Waals surface area contributed by atoms with Gasteiger partial charge in [-0.1, -0.05) is 40.5 Å². The molecule has 0 heterocycles. The van der Waals surface area contributed by atoms with Crippen LogP contribution in [-0.4, -0.2) is 26.4 Å². The van der Waals surface area contributed by atoms with Gasteiger partial charge >= 0.3 is 0 Å². The molecule has 2 unspecified atom stereocenters. The van der Waals surface area contributed by atoms with Crippen molar-refractivity contribution < 1.29 is 9.47 Å². The SMILES string of the molecule is CCCCOCC(C)COCC(C)CC. The summed E-state index contributed by atoms with van der Waals surface area (Å²) >= 11 is 0. The molecule has 92 valence electrons. The minimum absolute atomic E-state index is 0.519. The highest BCUT2D eigenvalue weighted by molar-refractivity contribution is 4.51. The highest BCUT2D eigenvalue weighted by Crippen LogP contribution is 2.04. The van der Waals surface area contributed by atoms with Gasteiger partial charge in [0, 0.05) is 19.1 Å². The number of hydrogen-bond donors (Lipinski definition) is 0. The first kappa shape index (κ1) is 14.9. The lowest BCUT2D eigenvalue weighted by Gasteiger charge is -2.14. The van der Waals surface area contributed by atoms with Crippen molar-refractivity contribution in [2.24, 2.45) is 11.8 Å². The maximum Gasteiger partial charge on any atom is 0.0513 e. The molecule has 0 spiro atoms. The van der Waals surface area contributed by atoms with Crippen molar-refractivity contribution in [1.82, 2.24) is 0 Å². The Morgan fingerprint density at radius 2 is 1.47 bits per heavy atom. The molecule has 0 amide bonds. The topological polar surface area (TPSA) is 18.5 Å². The Labute approximate surface area is 95.3 Å². The van der Waals surface area contributed by atoms with Crippen LogP contribution in [0.1, 0.15) is 47.0 Å². The Kier molecular flexibility index (Phi) is 10.4. The Morgan fingerprint density at radius 1 is 0.867 bits per heavy atom. The summed E-state index contributed by atoms with van der Waals surface area (Å²) in [5.41, 5.74) is 0. The molecule has 0 aliphatic heterocycles. The lowest BCUT2D eigenvalue weighted by atomic mass is 10.1. The normalized spacial score (nSPS) is 15.2. The standard InChI is InChI=1S/C13H28O2/c1-5-7-8-14-10-13(4)11-15-9-12(3)6-2/h12-13H,5-11H2,1-4H3. The van der Waals surface area contributed by atoms with E-state index in [4.69, 9.17) is 9.47 Å². The number of rotatable bonds is 10. The first-order chi connectivity index (χ1) is 7.20. The third-order valence-electron chi connectivity index (χ3n) is 2.55. The van der Waals surface area contributed by atoms with Crippen molar-refractivity contribution in [3.8, 4) is 0 Å². The maximum atomic E-state index is 5.63. The second-order valence-electron chi connectivity index (χ2n) is 4.58. The van der Waals surface area contributed by atoms with Gasteiger partial charge in [-0.15, -0.1) is 0 Å². The highest BCUT2D eigenvalue weighted by atomic mass is 16.5. The van der Waals surface area contributed by atoms with E-state index in [0.29, 0.717) is 11.8 Å². The number of hydrogen-bond acceptors (Lipinski definition) is 2. The van der Waals surface area contributed by atoms with Crippen LogP contribution in [-0.2, 0) is 9.47 Å². The van der Waals surface area contributed by atoms with E-state index < -0.39 is 0 Å². The molecule has 0 bridgehead atoms. The van der Waals surface area contributed by atoms with Crippen molar-refractivity contribution in [1.29, 1.82) is 0 Å². The molecule has 15 heavy (non-hydrogen) atoms. The zero-order valence-corrected chi connectivity index (χ0v) is 10.9. The zero-order valence-electron chi connectivity index (χ0n) is 10.9. The van der Waals surface area contributed by atoms with Crippen molar-refractivity contribution in [3.63, 3.8) is 0 Å². The lowest BCUT2D eigenvalue weighted by Crippen LogP contribution is -2.15. The van der Waals surface area contributed by atoms with Gasteiger partial charge < -0.3 is 9.47 Å². The average molecular weight is 216 g/mol. The summed E-state index contributed by atoms with van der Waals surface area (Å²) < 4.78 is 11.2. The molecular weight excluding hydrogens is 188 g/mol. The van der Waals surface area contributed by atoms with Gasteiger partial charge in [-0.2, -0.15) is 0 Å². The highest BCUT2D eigenvalue weighted by Gasteiger charge is 2.04. The Hall–Kier alpha value is -0.0800. The molecule has 0 aromatic heterocycles. The first-order valence-corrected chi connectivity index (χ1v) is 6.36. The number of unbranched alkanes of at least 4 members (excludes halogenated alkanes) is 1. The summed E-state index contributed by atoms with van der Waals surface area (Å²) in [6, 6.07) is 0. The van der Waals surface area contributed by atoms with E-state index in [2.05, 4.69) is 27.7 Å². The summed E-state index contributed by atoms with van der Waals surface area (Å²) in [6.07, 6.45) is 3.57. The van der Waals surface area contributed by atoms with Crippen LogP contribution >= 0.6 is 0 Å². The van der Waals surface area contributed by atoms with Crippen LogP contribution < -0.4 is 0 Å². The molecule has 2 heteroatoms. The third-order valence-corrected chi connectivity index (χ3v) is 2.55. The van der Waals surface area contributed by atoms with E-state index in [1.54, 1.807) is 0 Å². The van der Waals surface area contributed by atoms with Crippen molar-refractivity contribution in [2.45, 2.75) is 47.0 Å². The average Bonchev–Trinajstić information content (AvgIpc) is 2.24. The van der Waals surface area contributed by atoms with Crippen LogP contribution in [0, 0.1) is 11.8 Å². The van der Waals surface area contributed by atoms with Gasteiger partial charge in [-0.25, -0.2) is 0 Å². The van der Waals surface area contributed by atoms with Gasteiger partial charge in [0.05, 0.1) is 13.2 Å². The second kappa shape index (κ2) is 10.4. The van der Waals surface area contributed by atoms with Crippen molar-refractivity contribution >= 4 is 0 Å². The molecule has 0 rings (SSSR count).